The van der Waals surface area contributed by atoms with E-state index in [1.54, 1.807) is 0 Å². The standard InChI is InChI=1S/C8H13N/c1-2-3-4-5-6-7-8-9/h2,5-8H,1,3-4,9H2/b6-5-,8-7-. The molecule has 50 valence electrons. The lowest BCUT2D eigenvalue weighted by molar-refractivity contribution is 1.06. The highest BCUT2D eigenvalue weighted by molar-refractivity contribution is 5.00. The Balaban J connectivity index is 3.14. The summed E-state index contributed by atoms with van der Waals surface area (Å²) in [5.41, 5.74) is 5.09. The monoisotopic (exact) mass is 123 g/mol. The average Bonchev–Trinajstić information content (AvgIpc) is 1.89. The van der Waals surface area contributed by atoms with Gasteiger partial charge in [0.1, 0.15) is 0 Å². The molecule has 0 atom stereocenters. The summed E-state index contributed by atoms with van der Waals surface area (Å²) in [5.74, 6) is 0. The summed E-state index contributed by atoms with van der Waals surface area (Å²) in [6.07, 6.45) is 11.3. The smallest absolute Gasteiger partial charge is 0.00625 e. The summed E-state index contributed by atoms with van der Waals surface area (Å²) in [6, 6.07) is 0. The molecule has 0 unspecified atom stereocenters. The quantitative estimate of drug-likeness (QED) is 0.345. The molecule has 0 aliphatic rings. The maximum atomic E-state index is 5.09. The van der Waals surface area contributed by atoms with E-state index < -0.39 is 0 Å². The maximum absolute atomic E-state index is 5.09. The Morgan fingerprint density at radius 2 is 2.00 bits per heavy atom. The molecule has 0 aliphatic heterocycles. The van der Waals surface area contributed by atoms with Crippen molar-refractivity contribution in [2.24, 2.45) is 5.73 Å². The van der Waals surface area contributed by atoms with Crippen LogP contribution in [-0.2, 0) is 0 Å². The molecule has 1 nitrogen and oxygen atoms in total. The molecule has 0 spiro atoms. The summed E-state index contributed by atoms with van der Waals surface area (Å²) in [7, 11) is 0. The van der Waals surface area contributed by atoms with Crippen LogP contribution in [0.5, 0.6) is 0 Å². The Bertz CT molecular complexity index is 112. The zero-order valence-corrected chi connectivity index (χ0v) is 5.59. The predicted molar refractivity (Wildman–Crippen MR) is 41.9 cm³/mol. The highest BCUT2D eigenvalue weighted by Crippen LogP contribution is 1.90. The van der Waals surface area contributed by atoms with Crippen LogP contribution in [0.3, 0.4) is 0 Å². The molecule has 0 fully saturated rings. The Hall–Kier alpha value is -0.980. The van der Waals surface area contributed by atoms with Crippen LogP contribution in [0.2, 0.25) is 0 Å². The molecule has 2 N–H and O–H groups in total. The summed E-state index contributed by atoms with van der Waals surface area (Å²) in [6.45, 7) is 3.60. The number of hydrogen-bond acceptors (Lipinski definition) is 1. The molecule has 0 radical (unpaired) electrons. The van der Waals surface area contributed by atoms with Crippen LogP contribution in [0, 0.1) is 0 Å². The van der Waals surface area contributed by atoms with E-state index in [0.717, 1.165) is 12.8 Å². The minimum Gasteiger partial charge on any atom is -0.405 e. The van der Waals surface area contributed by atoms with Crippen molar-refractivity contribution in [3.8, 4) is 0 Å². The van der Waals surface area contributed by atoms with Crippen LogP contribution in [0.4, 0.5) is 0 Å². The molecule has 0 bridgehead atoms. The van der Waals surface area contributed by atoms with Gasteiger partial charge in [0.05, 0.1) is 0 Å². The lowest BCUT2D eigenvalue weighted by Gasteiger charge is -1.80. The second-order valence-corrected chi connectivity index (χ2v) is 1.68. The molecule has 0 rings (SSSR count). The molecule has 0 aromatic rings. The Kier molecular flexibility index (Phi) is 6.26. The van der Waals surface area contributed by atoms with Crippen molar-refractivity contribution in [2.45, 2.75) is 12.8 Å². The SMILES string of the molecule is C=CCC/C=C\C=C/N. The first-order valence-corrected chi connectivity index (χ1v) is 3.06. The van der Waals surface area contributed by atoms with Crippen LogP contribution in [0.15, 0.2) is 37.1 Å². The Morgan fingerprint density at radius 3 is 2.56 bits per heavy atom. The molecular formula is C8H13N. The lowest BCUT2D eigenvalue weighted by atomic mass is 10.3. The fourth-order valence-electron chi connectivity index (χ4n) is 0.453. The van der Waals surface area contributed by atoms with E-state index in [2.05, 4.69) is 12.7 Å². The fourth-order valence-corrected chi connectivity index (χ4v) is 0.453. The third kappa shape index (κ3) is 7.02. The first-order valence-electron chi connectivity index (χ1n) is 3.06. The van der Waals surface area contributed by atoms with Crippen LogP contribution in [0.25, 0.3) is 0 Å². The van der Waals surface area contributed by atoms with Gasteiger partial charge >= 0.3 is 0 Å². The van der Waals surface area contributed by atoms with E-state index in [9.17, 15) is 0 Å². The fraction of sp³-hybridized carbons (Fsp3) is 0.250. The number of unbranched alkanes of at least 4 members (excludes halogenated alkanes) is 1. The van der Waals surface area contributed by atoms with Gasteiger partial charge in [-0.2, -0.15) is 0 Å². The number of rotatable bonds is 4. The van der Waals surface area contributed by atoms with E-state index in [-0.39, 0.29) is 0 Å². The predicted octanol–water partition coefficient (Wildman–Crippen LogP) is 1.98. The first kappa shape index (κ1) is 8.02. The van der Waals surface area contributed by atoms with Gasteiger partial charge in [-0.05, 0) is 25.1 Å². The average molecular weight is 123 g/mol. The van der Waals surface area contributed by atoms with E-state index >= 15 is 0 Å². The van der Waals surface area contributed by atoms with Crippen molar-refractivity contribution in [1.29, 1.82) is 0 Å². The molecule has 0 amide bonds. The van der Waals surface area contributed by atoms with Crippen LogP contribution < -0.4 is 5.73 Å². The summed E-state index contributed by atoms with van der Waals surface area (Å²) >= 11 is 0. The van der Waals surface area contributed by atoms with Crippen LogP contribution in [-0.4, -0.2) is 0 Å². The molecule has 0 aromatic heterocycles. The first-order chi connectivity index (χ1) is 4.41. The van der Waals surface area contributed by atoms with Crippen molar-refractivity contribution in [3.05, 3.63) is 37.1 Å². The Labute approximate surface area is 56.6 Å². The second-order valence-electron chi connectivity index (χ2n) is 1.68. The maximum Gasteiger partial charge on any atom is -0.00625 e. The molecule has 0 aromatic carbocycles. The summed E-state index contributed by atoms with van der Waals surface area (Å²) in [4.78, 5) is 0. The molecule has 1 heteroatoms. The van der Waals surface area contributed by atoms with E-state index in [0.29, 0.717) is 0 Å². The van der Waals surface area contributed by atoms with E-state index in [1.807, 2.05) is 18.2 Å². The van der Waals surface area contributed by atoms with Crippen molar-refractivity contribution in [1.82, 2.24) is 0 Å². The van der Waals surface area contributed by atoms with E-state index in [1.165, 1.54) is 6.20 Å². The van der Waals surface area contributed by atoms with Crippen molar-refractivity contribution >= 4 is 0 Å². The van der Waals surface area contributed by atoms with Crippen LogP contribution >= 0.6 is 0 Å². The molecule has 0 heterocycles. The molecule has 0 saturated carbocycles. The second kappa shape index (κ2) is 7.02. The van der Waals surface area contributed by atoms with Crippen molar-refractivity contribution in [2.75, 3.05) is 0 Å². The highest BCUT2D eigenvalue weighted by atomic mass is 14.5. The minimum atomic E-state index is 1.04. The van der Waals surface area contributed by atoms with Crippen LogP contribution in [0.1, 0.15) is 12.8 Å². The zero-order chi connectivity index (χ0) is 6.95. The summed E-state index contributed by atoms with van der Waals surface area (Å²) < 4.78 is 0. The summed E-state index contributed by atoms with van der Waals surface area (Å²) in [5, 5.41) is 0. The van der Waals surface area contributed by atoms with Gasteiger partial charge in [-0.1, -0.05) is 18.2 Å². The van der Waals surface area contributed by atoms with Gasteiger partial charge in [0, 0.05) is 0 Å². The minimum absolute atomic E-state index is 1.04. The lowest BCUT2D eigenvalue weighted by Crippen LogP contribution is -1.72. The molecule has 0 aliphatic carbocycles. The highest BCUT2D eigenvalue weighted by Gasteiger charge is 1.70. The number of hydrogen-bond donors (Lipinski definition) is 1. The zero-order valence-electron chi connectivity index (χ0n) is 5.59. The van der Waals surface area contributed by atoms with E-state index in [4.69, 9.17) is 5.73 Å². The van der Waals surface area contributed by atoms with Gasteiger partial charge in [0.2, 0.25) is 0 Å². The number of allylic oxidation sites excluding steroid dienone is 4. The van der Waals surface area contributed by atoms with Gasteiger partial charge in [0.25, 0.3) is 0 Å². The van der Waals surface area contributed by atoms with Crippen molar-refractivity contribution < 1.29 is 0 Å². The topological polar surface area (TPSA) is 26.0 Å². The van der Waals surface area contributed by atoms with Gasteiger partial charge in [-0.25, -0.2) is 0 Å². The molecular weight excluding hydrogens is 110 g/mol. The third-order valence-electron chi connectivity index (χ3n) is 0.896. The normalized spacial score (nSPS) is 11.1. The van der Waals surface area contributed by atoms with Gasteiger partial charge in [-0.15, -0.1) is 6.58 Å². The molecule has 0 saturated heterocycles. The van der Waals surface area contributed by atoms with Gasteiger partial charge < -0.3 is 5.73 Å². The van der Waals surface area contributed by atoms with Gasteiger partial charge in [-0.3, -0.25) is 0 Å². The molecule has 9 heavy (non-hydrogen) atoms. The van der Waals surface area contributed by atoms with Gasteiger partial charge in [0.15, 0.2) is 0 Å². The Morgan fingerprint density at radius 1 is 1.22 bits per heavy atom. The third-order valence-corrected chi connectivity index (χ3v) is 0.896. The van der Waals surface area contributed by atoms with Crippen molar-refractivity contribution in [3.63, 3.8) is 0 Å². The number of nitrogens with two attached hydrogens (primary N) is 1. The largest absolute Gasteiger partial charge is 0.405 e.